The third kappa shape index (κ3) is 6.30. The van der Waals surface area contributed by atoms with Crippen molar-refractivity contribution in [3.8, 4) is 11.5 Å². The summed E-state index contributed by atoms with van der Waals surface area (Å²) in [6, 6.07) is 10.1. The van der Waals surface area contributed by atoms with Gasteiger partial charge in [-0.15, -0.1) is 0 Å². The molecule has 3 rings (SSSR count). The molecule has 0 bridgehead atoms. The van der Waals surface area contributed by atoms with E-state index in [0.717, 1.165) is 11.1 Å². The minimum atomic E-state index is -0.656. The second-order valence-corrected chi connectivity index (χ2v) is 8.92. The van der Waals surface area contributed by atoms with E-state index in [4.69, 9.17) is 32.7 Å². The van der Waals surface area contributed by atoms with Crippen LogP contribution in [-0.2, 0) is 22.6 Å². The fourth-order valence-corrected chi connectivity index (χ4v) is 3.93. The lowest BCUT2D eigenvalue weighted by molar-refractivity contribution is -0.140. The molecule has 32 heavy (non-hydrogen) atoms. The second kappa shape index (κ2) is 10.9. The maximum Gasteiger partial charge on any atom is 0.242 e. The van der Waals surface area contributed by atoms with E-state index in [0.29, 0.717) is 41.2 Å². The number of fused-ring (bicyclic) bond motifs is 1. The van der Waals surface area contributed by atoms with Gasteiger partial charge < -0.3 is 19.7 Å². The highest BCUT2D eigenvalue weighted by atomic mass is 35.5. The second-order valence-electron chi connectivity index (χ2n) is 8.07. The molecule has 172 valence electrons. The van der Waals surface area contributed by atoms with Crippen molar-refractivity contribution in [3.63, 3.8) is 0 Å². The number of rotatable bonds is 8. The molecule has 0 aliphatic carbocycles. The van der Waals surface area contributed by atoms with Crippen molar-refractivity contribution in [2.75, 3.05) is 13.2 Å². The monoisotopic (exact) mass is 478 g/mol. The lowest BCUT2D eigenvalue weighted by Gasteiger charge is -2.30. The van der Waals surface area contributed by atoms with Gasteiger partial charge in [-0.05, 0) is 62.6 Å². The smallest absolute Gasteiger partial charge is 0.242 e. The van der Waals surface area contributed by atoms with Crippen LogP contribution in [0, 0.1) is 0 Å². The number of hydrogen-bond donors (Lipinski definition) is 1. The van der Waals surface area contributed by atoms with E-state index in [9.17, 15) is 9.59 Å². The van der Waals surface area contributed by atoms with Gasteiger partial charge in [0.25, 0.3) is 0 Å². The molecule has 0 aromatic heterocycles. The molecule has 1 aliphatic rings. The standard InChI is InChI=1S/C24H28Cl2N2O4/c1-15(2)27-24(30)16(3)28(14-18-6-7-19(25)13-20(18)26)23(29)9-5-17-4-8-21-22(12-17)32-11-10-31-21/h4,6-8,12-13,15-16H,5,9-11,14H2,1-3H3,(H,27,30)/t16-/m1/s1. The van der Waals surface area contributed by atoms with E-state index < -0.39 is 6.04 Å². The summed E-state index contributed by atoms with van der Waals surface area (Å²) in [6.45, 7) is 6.74. The molecule has 2 amide bonds. The summed E-state index contributed by atoms with van der Waals surface area (Å²) in [5.41, 5.74) is 1.69. The van der Waals surface area contributed by atoms with Crippen molar-refractivity contribution in [2.45, 2.75) is 52.2 Å². The van der Waals surface area contributed by atoms with Crippen LogP contribution in [0.4, 0.5) is 0 Å². The summed E-state index contributed by atoms with van der Waals surface area (Å²) in [6.07, 6.45) is 0.753. The Morgan fingerprint density at radius 2 is 1.75 bits per heavy atom. The van der Waals surface area contributed by atoms with Crippen LogP contribution >= 0.6 is 23.2 Å². The van der Waals surface area contributed by atoms with Gasteiger partial charge >= 0.3 is 0 Å². The Morgan fingerprint density at radius 1 is 1.03 bits per heavy atom. The molecule has 1 aliphatic heterocycles. The first-order valence-electron chi connectivity index (χ1n) is 10.7. The molecular weight excluding hydrogens is 451 g/mol. The molecule has 0 radical (unpaired) electrons. The van der Waals surface area contributed by atoms with Gasteiger partial charge in [-0.25, -0.2) is 0 Å². The summed E-state index contributed by atoms with van der Waals surface area (Å²) in [4.78, 5) is 27.5. The number of benzene rings is 2. The molecule has 0 saturated heterocycles. The van der Waals surface area contributed by atoms with Gasteiger partial charge in [0.1, 0.15) is 19.3 Å². The number of aryl methyl sites for hydroxylation is 1. The number of amides is 2. The van der Waals surface area contributed by atoms with E-state index in [2.05, 4.69) is 5.32 Å². The van der Waals surface area contributed by atoms with Crippen LogP contribution < -0.4 is 14.8 Å². The number of nitrogens with zero attached hydrogens (tertiary/aromatic N) is 1. The van der Waals surface area contributed by atoms with Crippen LogP contribution in [0.25, 0.3) is 0 Å². The topological polar surface area (TPSA) is 67.9 Å². The van der Waals surface area contributed by atoms with E-state index in [1.54, 1.807) is 30.0 Å². The van der Waals surface area contributed by atoms with Gasteiger partial charge in [0.15, 0.2) is 11.5 Å². The van der Waals surface area contributed by atoms with Gasteiger partial charge in [0, 0.05) is 29.1 Å². The van der Waals surface area contributed by atoms with Crippen LogP contribution in [-0.4, -0.2) is 42.0 Å². The molecule has 0 unspecified atom stereocenters. The maximum atomic E-state index is 13.2. The fraction of sp³-hybridized carbons (Fsp3) is 0.417. The van der Waals surface area contributed by atoms with Crippen LogP contribution in [0.1, 0.15) is 38.3 Å². The van der Waals surface area contributed by atoms with E-state index in [1.165, 1.54) is 0 Å². The lowest BCUT2D eigenvalue weighted by Crippen LogP contribution is -2.49. The molecule has 0 saturated carbocycles. The highest BCUT2D eigenvalue weighted by molar-refractivity contribution is 6.35. The molecule has 6 nitrogen and oxygen atoms in total. The Balaban J connectivity index is 1.75. The number of carbonyl (C=O) groups is 2. The number of ether oxygens (including phenoxy) is 2. The van der Waals surface area contributed by atoms with Gasteiger partial charge in [0.05, 0.1) is 0 Å². The molecule has 2 aromatic carbocycles. The fourth-order valence-electron chi connectivity index (χ4n) is 3.46. The molecule has 0 spiro atoms. The van der Waals surface area contributed by atoms with Crippen LogP contribution in [0.5, 0.6) is 11.5 Å². The third-order valence-corrected chi connectivity index (χ3v) is 5.78. The number of nitrogens with one attached hydrogen (secondary N) is 1. The summed E-state index contributed by atoms with van der Waals surface area (Å²) in [5, 5.41) is 3.85. The van der Waals surface area contributed by atoms with Crippen LogP contribution in [0.15, 0.2) is 36.4 Å². The normalized spacial score (nSPS) is 13.6. The van der Waals surface area contributed by atoms with E-state index in [1.807, 2.05) is 32.0 Å². The predicted octanol–water partition coefficient (Wildman–Crippen LogP) is 4.64. The van der Waals surface area contributed by atoms with Gasteiger partial charge in [0.2, 0.25) is 11.8 Å². The van der Waals surface area contributed by atoms with Crippen molar-refractivity contribution in [1.29, 1.82) is 0 Å². The number of carbonyl (C=O) groups excluding carboxylic acids is 2. The van der Waals surface area contributed by atoms with Crippen molar-refractivity contribution < 1.29 is 19.1 Å². The molecule has 0 fully saturated rings. The quantitative estimate of drug-likeness (QED) is 0.599. The van der Waals surface area contributed by atoms with Crippen LogP contribution in [0.2, 0.25) is 10.0 Å². The molecule has 1 atom stereocenters. The van der Waals surface area contributed by atoms with Gasteiger partial charge in [-0.2, -0.15) is 0 Å². The minimum absolute atomic E-state index is 0.0289. The molecule has 1 heterocycles. The third-order valence-electron chi connectivity index (χ3n) is 5.19. The van der Waals surface area contributed by atoms with Crippen molar-refractivity contribution in [3.05, 3.63) is 57.6 Å². The zero-order valence-corrected chi connectivity index (χ0v) is 20.0. The molecule has 1 N–H and O–H groups in total. The Morgan fingerprint density at radius 3 is 2.44 bits per heavy atom. The molecule has 8 heteroatoms. The predicted molar refractivity (Wildman–Crippen MR) is 126 cm³/mol. The SMILES string of the molecule is CC(C)NC(=O)[C@@H](C)N(Cc1ccc(Cl)cc1Cl)C(=O)CCc1ccc2c(c1)OCCO2. The first-order chi connectivity index (χ1) is 15.2. The zero-order valence-electron chi connectivity index (χ0n) is 18.5. The first-order valence-corrected chi connectivity index (χ1v) is 11.4. The maximum absolute atomic E-state index is 13.2. The van der Waals surface area contributed by atoms with E-state index >= 15 is 0 Å². The van der Waals surface area contributed by atoms with Crippen molar-refractivity contribution in [1.82, 2.24) is 10.2 Å². The Hall–Kier alpha value is -2.44. The summed E-state index contributed by atoms with van der Waals surface area (Å²) < 4.78 is 11.2. The van der Waals surface area contributed by atoms with Crippen molar-refractivity contribution >= 4 is 35.0 Å². The highest BCUT2D eigenvalue weighted by Gasteiger charge is 2.27. The average molecular weight is 479 g/mol. The number of halogens is 2. The Labute approximate surface area is 198 Å². The lowest BCUT2D eigenvalue weighted by atomic mass is 10.1. The molecular formula is C24H28Cl2N2O4. The van der Waals surface area contributed by atoms with Crippen LogP contribution in [0.3, 0.4) is 0 Å². The summed E-state index contributed by atoms with van der Waals surface area (Å²) >= 11 is 12.3. The minimum Gasteiger partial charge on any atom is -0.486 e. The Kier molecular flexibility index (Phi) is 8.26. The summed E-state index contributed by atoms with van der Waals surface area (Å²) in [5.74, 6) is 1.05. The van der Waals surface area contributed by atoms with Gasteiger partial charge in [-0.3, -0.25) is 9.59 Å². The average Bonchev–Trinajstić information content (AvgIpc) is 2.76. The summed E-state index contributed by atoms with van der Waals surface area (Å²) in [7, 11) is 0. The highest BCUT2D eigenvalue weighted by Crippen LogP contribution is 2.31. The van der Waals surface area contributed by atoms with Gasteiger partial charge in [-0.1, -0.05) is 35.3 Å². The van der Waals surface area contributed by atoms with E-state index in [-0.39, 0.29) is 30.8 Å². The number of hydrogen-bond acceptors (Lipinski definition) is 4. The first kappa shape index (κ1) is 24.2. The Bertz CT molecular complexity index is 980. The van der Waals surface area contributed by atoms with Crippen molar-refractivity contribution in [2.24, 2.45) is 0 Å². The zero-order chi connectivity index (χ0) is 23.3. The largest absolute Gasteiger partial charge is 0.486 e. The molecule has 2 aromatic rings.